The number of amides is 3. The molecule has 0 saturated carbocycles. The Labute approximate surface area is 149 Å². The summed E-state index contributed by atoms with van der Waals surface area (Å²) in [6.07, 6.45) is 0.566. The van der Waals surface area contributed by atoms with Gasteiger partial charge in [0.15, 0.2) is 0 Å². The summed E-state index contributed by atoms with van der Waals surface area (Å²) in [6.45, 7) is -0.689. The summed E-state index contributed by atoms with van der Waals surface area (Å²) >= 11 is 0. The number of carboxylic acids is 2. The van der Waals surface area contributed by atoms with Gasteiger partial charge in [0.1, 0.15) is 18.6 Å². The Bertz CT molecular complexity index is 526. The molecule has 148 valence electrons. The zero-order valence-electron chi connectivity index (χ0n) is 14.2. The average Bonchev–Trinajstić information content (AvgIpc) is 2.57. The van der Waals surface area contributed by atoms with Crippen LogP contribution in [0.3, 0.4) is 0 Å². The van der Waals surface area contributed by atoms with Gasteiger partial charge in [-0.3, -0.25) is 24.0 Å². The molecule has 0 fully saturated rings. The van der Waals surface area contributed by atoms with Crippen LogP contribution in [0.1, 0.15) is 25.7 Å². The number of hydrogen-bond acceptors (Lipinski definition) is 7. The number of hydrogen-bond donors (Lipinski definition) is 7. The van der Waals surface area contributed by atoms with Gasteiger partial charge in [-0.25, -0.2) is 0 Å². The molecule has 0 aromatic carbocycles. The summed E-state index contributed by atoms with van der Waals surface area (Å²) < 4.78 is 0. The predicted octanol–water partition coefficient (Wildman–Crippen LogP) is -3.28. The summed E-state index contributed by atoms with van der Waals surface area (Å²) in [6, 6.07) is -2.52. The van der Waals surface area contributed by atoms with Crippen LogP contribution in [0, 0.1) is 0 Å². The van der Waals surface area contributed by atoms with Crippen LogP contribution in [0.15, 0.2) is 0 Å². The Morgan fingerprint density at radius 2 is 1.50 bits per heavy atom. The monoisotopic (exact) mass is 375 g/mol. The quantitative estimate of drug-likeness (QED) is 0.160. The molecule has 0 heterocycles. The Hall–Kier alpha value is -2.73. The largest absolute Gasteiger partial charge is 0.481 e. The molecule has 0 bridgehead atoms. The summed E-state index contributed by atoms with van der Waals surface area (Å²) in [5.74, 6) is -5.03. The molecule has 2 unspecified atom stereocenters. The van der Waals surface area contributed by atoms with Crippen molar-refractivity contribution in [2.24, 2.45) is 11.5 Å². The highest BCUT2D eigenvalue weighted by Gasteiger charge is 2.28. The van der Waals surface area contributed by atoms with Crippen molar-refractivity contribution < 1.29 is 34.2 Å². The highest BCUT2D eigenvalue weighted by atomic mass is 16.4. The first-order chi connectivity index (χ1) is 12.2. The molecule has 26 heavy (non-hydrogen) atoms. The normalized spacial score (nSPS) is 12.5. The Kier molecular flexibility index (Phi) is 11.3. The zero-order valence-corrected chi connectivity index (χ0v) is 14.2. The third kappa shape index (κ3) is 10.2. The van der Waals surface area contributed by atoms with Crippen molar-refractivity contribution in [2.45, 2.75) is 37.8 Å². The van der Waals surface area contributed by atoms with Crippen molar-refractivity contribution in [3.63, 3.8) is 0 Å². The third-order valence-corrected chi connectivity index (χ3v) is 3.21. The maximum absolute atomic E-state index is 12.3. The Morgan fingerprint density at radius 1 is 0.846 bits per heavy atom. The maximum atomic E-state index is 12.3. The molecule has 3 amide bonds. The van der Waals surface area contributed by atoms with Crippen LogP contribution < -0.4 is 27.4 Å². The van der Waals surface area contributed by atoms with Crippen LogP contribution in [0.2, 0.25) is 0 Å². The van der Waals surface area contributed by atoms with Gasteiger partial charge in [-0.2, -0.15) is 0 Å². The first kappa shape index (κ1) is 23.3. The SMILES string of the molecule is NCCCCC(NC(=O)CN)C(=O)NC(CC(=O)O)C(=O)NCC(=O)O. The van der Waals surface area contributed by atoms with Crippen LogP contribution in [0.5, 0.6) is 0 Å². The number of nitrogens with two attached hydrogens (primary N) is 2. The zero-order chi connectivity index (χ0) is 20.1. The lowest BCUT2D eigenvalue weighted by atomic mass is 10.1. The molecule has 9 N–H and O–H groups in total. The smallest absolute Gasteiger partial charge is 0.322 e. The van der Waals surface area contributed by atoms with Crippen LogP contribution in [0.4, 0.5) is 0 Å². The fourth-order valence-corrected chi connectivity index (χ4v) is 1.96. The Balaban J connectivity index is 5.03. The van der Waals surface area contributed by atoms with Gasteiger partial charge >= 0.3 is 11.9 Å². The van der Waals surface area contributed by atoms with E-state index >= 15 is 0 Å². The van der Waals surface area contributed by atoms with Gasteiger partial charge in [-0.15, -0.1) is 0 Å². The van der Waals surface area contributed by atoms with Crippen LogP contribution in [-0.4, -0.2) is 71.6 Å². The Morgan fingerprint density at radius 3 is 2.00 bits per heavy atom. The van der Waals surface area contributed by atoms with E-state index in [0.29, 0.717) is 19.4 Å². The third-order valence-electron chi connectivity index (χ3n) is 3.21. The second kappa shape index (κ2) is 12.6. The van der Waals surface area contributed by atoms with Crippen molar-refractivity contribution in [3.8, 4) is 0 Å². The van der Waals surface area contributed by atoms with E-state index in [1.54, 1.807) is 0 Å². The highest BCUT2D eigenvalue weighted by Crippen LogP contribution is 2.03. The van der Waals surface area contributed by atoms with Gasteiger partial charge in [-0.05, 0) is 25.8 Å². The van der Waals surface area contributed by atoms with Crippen molar-refractivity contribution in [2.75, 3.05) is 19.6 Å². The molecule has 0 aliphatic heterocycles. The van der Waals surface area contributed by atoms with Gasteiger partial charge in [-0.1, -0.05) is 0 Å². The topological polar surface area (TPSA) is 214 Å². The summed E-state index contributed by atoms with van der Waals surface area (Å²) in [4.78, 5) is 57.1. The van der Waals surface area contributed by atoms with Gasteiger partial charge in [0.2, 0.25) is 17.7 Å². The molecule has 0 aliphatic carbocycles. The van der Waals surface area contributed by atoms with Crippen LogP contribution in [-0.2, 0) is 24.0 Å². The average molecular weight is 375 g/mol. The van der Waals surface area contributed by atoms with Crippen molar-refractivity contribution in [3.05, 3.63) is 0 Å². The molecule has 0 saturated heterocycles. The fraction of sp³-hybridized carbons (Fsp3) is 0.643. The van der Waals surface area contributed by atoms with Crippen molar-refractivity contribution in [1.82, 2.24) is 16.0 Å². The fourth-order valence-electron chi connectivity index (χ4n) is 1.96. The minimum absolute atomic E-state index is 0.214. The molecule has 0 radical (unpaired) electrons. The van der Waals surface area contributed by atoms with E-state index in [4.69, 9.17) is 21.7 Å². The number of carbonyl (C=O) groups is 5. The van der Waals surface area contributed by atoms with E-state index in [1.165, 1.54) is 0 Å². The van der Waals surface area contributed by atoms with Gasteiger partial charge in [0.25, 0.3) is 0 Å². The highest BCUT2D eigenvalue weighted by molar-refractivity contribution is 5.94. The molecule has 0 spiro atoms. The van der Waals surface area contributed by atoms with Gasteiger partial charge in [0, 0.05) is 0 Å². The van der Waals surface area contributed by atoms with Crippen LogP contribution in [0.25, 0.3) is 0 Å². The number of carboxylic acid groups (broad SMARTS) is 2. The lowest BCUT2D eigenvalue weighted by Crippen LogP contribution is -2.55. The van der Waals surface area contributed by atoms with E-state index < -0.39 is 54.7 Å². The van der Waals surface area contributed by atoms with E-state index in [-0.39, 0.29) is 13.0 Å². The number of unbranched alkanes of at least 4 members (excludes halogenated alkanes) is 1. The van der Waals surface area contributed by atoms with E-state index in [9.17, 15) is 24.0 Å². The maximum Gasteiger partial charge on any atom is 0.322 e. The number of rotatable bonds is 13. The first-order valence-corrected chi connectivity index (χ1v) is 7.92. The number of aliphatic carboxylic acids is 2. The molecular formula is C14H25N5O7. The van der Waals surface area contributed by atoms with E-state index in [2.05, 4.69) is 10.6 Å². The summed E-state index contributed by atoms with van der Waals surface area (Å²) in [7, 11) is 0. The number of nitrogens with one attached hydrogen (secondary N) is 3. The molecule has 0 rings (SSSR count). The molecule has 0 aliphatic rings. The van der Waals surface area contributed by atoms with Crippen molar-refractivity contribution in [1.29, 1.82) is 0 Å². The lowest BCUT2D eigenvalue weighted by molar-refractivity contribution is -0.141. The minimum atomic E-state index is -1.49. The van der Waals surface area contributed by atoms with Gasteiger partial charge in [0.05, 0.1) is 13.0 Å². The van der Waals surface area contributed by atoms with E-state index in [1.807, 2.05) is 5.32 Å². The minimum Gasteiger partial charge on any atom is -0.481 e. The van der Waals surface area contributed by atoms with Crippen molar-refractivity contribution >= 4 is 29.7 Å². The molecular weight excluding hydrogens is 350 g/mol. The first-order valence-electron chi connectivity index (χ1n) is 7.92. The van der Waals surface area contributed by atoms with Gasteiger partial charge < -0.3 is 37.6 Å². The molecule has 2 atom stereocenters. The molecule has 12 heteroatoms. The molecule has 12 nitrogen and oxygen atoms in total. The standard InChI is InChI=1S/C14H25N5O7/c15-4-2-1-3-8(18-10(20)6-16)14(26)19-9(5-11(21)22)13(25)17-7-12(23)24/h8-9H,1-7,15-16H2,(H,17,25)(H,18,20)(H,19,26)(H,21,22)(H,23,24). The molecule has 0 aromatic heterocycles. The second-order valence-electron chi connectivity index (χ2n) is 5.38. The number of carbonyl (C=O) groups excluding carboxylic acids is 3. The molecule has 0 aromatic rings. The predicted molar refractivity (Wildman–Crippen MR) is 88.7 cm³/mol. The second-order valence-corrected chi connectivity index (χ2v) is 5.38. The van der Waals surface area contributed by atoms with E-state index in [0.717, 1.165) is 0 Å². The summed E-state index contributed by atoms with van der Waals surface area (Å²) in [5, 5.41) is 24.0. The lowest BCUT2D eigenvalue weighted by Gasteiger charge is -2.22. The summed E-state index contributed by atoms with van der Waals surface area (Å²) in [5.41, 5.74) is 10.6. The van der Waals surface area contributed by atoms with Crippen LogP contribution >= 0.6 is 0 Å².